The summed E-state index contributed by atoms with van der Waals surface area (Å²) < 4.78 is 0. The van der Waals surface area contributed by atoms with Crippen LogP contribution >= 0.6 is 0 Å². The normalized spacial score (nSPS) is 20.8. The van der Waals surface area contributed by atoms with Crippen molar-refractivity contribution in [3.05, 3.63) is 294 Å². The maximum atomic E-state index is 5.47. The van der Waals surface area contributed by atoms with Gasteiger partial charge in [0.2, 0.25) is 0 Å². The molecule has 0 amide bonds. The third kappa shape index (κ3) is 7.04. The second kappa shape index (κ2) is 18.2. The van der Waals surface area contributed by atoms with Gasteiger partial charge < -0.3 is 9.80 Å². The first-order valence-electron chi connectivity index (χ1n) is 28.3. The number of hydrogen-bond donors (Lipinski definition) is 0. The second-order valence-corrected chi connectivity index (χ2v) is 22.7. The minimum absolute atomic E-state index is 0.124. The maximum Gasteiger partial charge on any atom is 0.164 e. The predicted molar refractivity (Wildman–Crippen MR) is 321 cm³/mol. The summed E-state index contributed by atoms with van der Waals surface area (Å²) in [6.45, 7) is 0. The third-order valence-corrected chi connectivity index (χ3v) is 18.8. The van der Waals surface area contributed by atoms with Crippen molar-refractivity contribution in [2.45, 2.75) is 42.9 Å². The highest BCUT2D eigenvalue weighted by molar-refractivity contribution is 6.01. The van der Waals surface area contributed by atoms with Crippen LogP contribution in [0.25, 0.3) is 45.3 Å². The molecule has 4 bridgehead atoms. The summed E-state index contributed by atoms with van der Waals surface area (Å²) in [5, 5.41) is 0. The van der Waals surface area contributed by atoms with E-state index in [4.69, 9.17) is 15.0 Å². The number of benzene rings is 10. The number of rotatable bonds is 8. The maximum absolute atomic E-state index is 5.47. The number of anilines is 6. The van der Waals surface area contributed by atoms with Crippen LogP contribution in [0.5, 0.6) is 0 Å². The summed E-state index contributed by atoms with van der Waals surface area (Å²) in [5.41, 5.74) is 19.7. The lowest BCUT2D eigenvalue weighted by Gasteiger charge is -2.65. The van der Waals surface area contributed by atoms with Gasteiger partial charge in [-0.15, -0.1) is 0 Å². The minimum Gasteiger partial charge on any atom is -0.306 e. The van der Waals surface area contributed by atoms with Gasteiger partial charge in [0.1, 0.15) is 0 Å². The van der Waals surface area contributed by atoms with E-state index in [1.54, 1.807) is 0 Å². The zero-order valence-electron chi connectivity index (χ0n) is 43.9. The largest absolute Gasteiger partial charge is 0.306 e. The van der Waals surface area contributed by atoms with E-state index in [2.05, 4.69) is 271 Å². The zero-order chi connectivity index (χ0) is 52.1. The van der Waals surface area contributed by atoms with Crippen molar-refractivity contribution in [2.24, 2.45) is 23.7 Å². The molecule has 1 spiro atoms. The molecular weight excluding hydrogens is 959 g/mol. The molecule has 0 unspecified atom stereocenters. The van der Waals surface area contributed by atoms with Crippen molar-refractivity contribution in [2.75, 3.05) is 9.80 Å². The van der Waals surface area contributed by atoms with E-state index < -0.39 is 5.41 Å². The van der Waals surface area contributed by atoms with Crippen LogP contribution in [0.3, 0.4) is 0 Å². The van der Waals surface area contributed by atoms with Crippen molar-refractivity contribution < 1.29 is 0 Å². The molecule has 1 aliphatic heterocycles. The van der Waals surface area contributed by atoms with Gasteiger partial charge in [-0.25, -0.2) is 15.0 Å². The number of aromatic nitrogens is 3. The molecule has 0 N–H and O–H groups in total. The Morgan fingerprint density at radius 2 is 0.658 bits per heavy atom. The molecule has 4 saturated carbocycles. The lowest BCUT2D eigenvalue weighted by atomic mass is 9.38. The van der Waals surface area contributed by atoms with Gasteiger partial charge in [-0.1, -0.05) is 206 Å². The summed E-state index contributed by atoms with van der Waals surface area (Å²) in [6, 6.07) is 95.7. The molecule has 4 fully saturated rings. The Labute approximate surface area is 462 Å². The van der Waals surface area contributed by atoms with Gasteiger partial charge in [-0.05, 0) is 155 Å². The van der Waals surface area contributed by atoms with Crippen LogP contribution < -0.4 is 9.80 Å². The second-order valence-electron chi connectivity index (χ2n) is 22.7. The van der Waals surface area contributed by atoms with Gasteiger partial charge in [-0.3, -0.25) is 0 Å². The molecule has 0 radical (unpaired) electrons. The van der Waals surface area contributed by atoms with Gasteiger partial charge in [0.05, 0.1) is 28.2 Å². The van der Waals surface area contributed by atoms with Crippen molar-refractivity contribution in [3.8, 4) is 45.3 Å². The Kier molecular flexibility index (Phi) is 10.6. The molecule has 5 aliphatic carbocycles. The summed E-state index contributed by atoms with van der Waals surface area (Å²) in [4.78, 5) is 20.9. The average molecular weight is 1020 g/mol. The molecule has 79 heavy (non-hydrogen) atoms. The fourth-order valence-corrected chi connectivity index (χ4v) is 15.8. The zero-order valence-corrected chi connectivity index (χ0v) is 43.9. The fourth-order valence-electron chi connectivity index (χ4n) is 15.8. The molecule has 11 aromatic rings. The van der Waals surface area contributed by atoms with Crippen LogP contribution in [-0.4, -0.2) is 15.0 Å². The highest BCUT2D eigenvalue weighted by atomic mass is 15.3. The van der Waals surface area contributed by atoms with Crippen molar-refractivity contribution in [1.82, 2.24) is 15.0 Å². The number of nitrogens with zero attached hydrogens (tertiary/aromatic N) is 5. The van der Waals surface area contributed by atoms with E-state index >= 15 is 0 Å². The van der Waals surface area contributed by atoms with Crippen molar-refractivity contribution in [3.63, 3.8) is 0 Å². The lowest BCUT2D eigenvalue weighted by Crippen LogP contribution is -2.59. The van der Waals surface area contributed by atoms with Gasteiger partial charge in [0.25, 0.3) is 0 Å². The number of fused-ring (bicyclic) bond motifs is 4. The Balaban J connectivity index is 0.806. The topological polar surface area (TPSA) is 45.2 Å². The Hall–Kier alpha value is -9.19. The van der Waals surface area contributed by atoms with E-state index in [1.807, 2.05) is 0 Å². The van der Waals surface area contributed by atoms with Gasteiger partial charge >= 0.3 is 0 Å². The summed E-state index contributed by atoms with van der Waals surface area (Å²) in [6.07, 6.45) is 6.56. The van der Waals surface area contributed by atoms with Crippen LogP contribution in [-0.2, 0) is 10.8 Å². The van der Waals surface area contributed by atoms with E-state index in [1.165, 1.54) is 65.5 Å². The highest BCUT2D eigenvalue weighted by Crippen LogP contribution is 2.70. The Morgan fingerprint density at radius 3 is 1.18 bits per heavy atom. The van der Waals surface area contributed by atoms with Gasteiger partial charge in [-0.2, -0.15) is 0 Å². The first kappa shape index (κ1) is 46.0. The number of hydrogen-bond acceptors (Lipinski definition) is 5. The van der Waals surface area contributed by atoms with E-state index in [0.29, 0.717) is 29.3 Å². The molecular formula is C74H57N5. The molecule has 378 valence electrons. The quantitative estimate of drug-likeness (QED) is 0.152. The first-order valence-corrected chi connectivity index (χ1v) is 28.3. The molecule has 17 rings (SSSR count). The van der Waals surface area contributed by atoms with Gasteiger partial charge in [0.15, 0.2) is 17.5 Å². The van der Waals surface area contributed by atoms with Crippen LogP contribution in [0, 0.1) is 23.7 Å². The average Bonchev–Trinajstić information content (AvgIpc) is 3.20. The van der Waals surface area contributed by atoms with E-state index in [9.17, 15) is 0 Å². The molecule has 5 nitrogen and oxygen atoms in total. The smallest absolute Gasteiger partial charge is 0.164 e. The SMILES string of the molecule is c1ccc(-c2nc(-c3ccc(-c4ccc(N5c6ccccc6N(c6ccccc6)c6ccccc65)cc4)cc3)nc(-c3ccc4c(c3)C3(c5ccccc5C4(c4ccccc4)c4ccccc4)C4CC5CC(C4)CC3C5)n2)cc1. The van der Waals surface area contributed by atoms with E-state index in [-0.39, 0.29) is 5.41 Å². The van der Waals surface area contributed by atoms with Gasteiger partial charge in [0, 0.05) is 33.5 Å². The van der Waals surface area contributed by atoms with Crippen LogP contribution in [0.15, 0.2) is 261 Å². The molecule has 6 aliphatic rings. The van der Waals surface area contributed by atoms with Crippen LogP contribution in [0.4, 0.5) is 34.1 Å². The van der Waals surface area contributed by atoms with Crippen LogP contribution in [0.1, 0.15) is 65.5 Å². The Morgan fingerprint density at radius 1 is 0.291 bits per heavy atom. The van der Waals surface area contributed by atoms with Crippen molar-refractivity contribution in [1.29, 1.82) is 0 Å². The standard InChI is InChI=1S/C74H57N5/c1-5-19-53(20-6-1)70-75-71(54-35-33-51(34-36-54)52-37-40-61(41-38-52)79-68-31-17-15-29-66(68)78(60-25-11-4-12-26-60)67-30-16-18-32-69(67)79)77-72(76-70)55-39-42-64-65(48-55)74(58-44-49-43-50(46-58)47-59(74)45-49)63-28-14-13-27-62(63)73(64,56-21-7-2-8-22-56)57-23-9-3-10-24-57/h1-42,48-50,58-59H,43-47H2. The molecule has 1 aromatic heterocycles. The predicted octanol–water partition coefficient (Wildman–Crippen LogP) is 18.2. The van der Waals surface area contributed by atoms with Crippen LogP contribution in [0.2, 0.25) is 0 Å². The molecule has 0 atom stereocenters. The van der Waals surface area contributed by atoms with E-state index in [0.717, 1.165) is 73.8 Å². The summed E-state index contributed by atoms with van der Waals surface area (Å²) in [7, 11) is 0. The monoisotopic (exact) mass is 1020 g/mol. The number of para-hydroxylation sites is 5. The molecule has 10 aromatic carbocycles. The Bertz CT molecular complexity index is 3970. The van der Waals surface area contributed by atoms with Crippen molar-refractivity contribution >= 4 is 34.1 Å². The summed E-state index contributed by atoms with van der Waals surface area (Å²) >= 11 is 0. The molecule has 2 heterocycles. The third-order valence-electron chi connectivity index (χ3n) is 18.8. The summed E-state index contributed by atoms with van der Waals surface area (Å²) in [5.74, 6) is 4.79. The minimum atomic E-state index is -0.524. The first-order chi connectivity index (χ1) is 39.1. The molecule has 5 heteroatoms. The lowest BCUT2D eigenvalue weighted by molar-refractivity contribution is -0.0440. The fraction of sp³-hybridized carbons (Fsp3) is 0.149. The highest BCUT2D eigenvalue weighted by Gasteiger charge is 2.63. The molecule has 0 saturated heterocycles.